The zero-order valence-corrected chi connectivity index (χ0v) is 14.2. The Labute approximate surface area is 141 Å². The molecule has 0 saturated heterocycles. The lowest BCUT2D eigenvalue weighted by Gasteiger charge is -2.12. The molecule has 0 aromatic heterocycles. The minimum absolute atomic E-state index is 0.0717. The summed E-state index contributed by atoms with van der Waals surface area (Å²) in [6, 6.07) is 11.3. The van der Waals surface area contributed by atoms with E-state index in [2.05, 4.69) is 5.32 Å². The van der Waals surface area contributed by atoms with Crippen LogP contribution in [0.2, 0.25) is 0 Å². The van der Waals surface area contributed by atoms with Crippen LogP contribution in [0.4, 0.5) is 5.69 Å². The van der Waals surface area contributed by atoms with E-state index in [4.69, 9.17) is 10.5 Å². The number of carbonyl (C=O) groups is 2. The second-order valence-electron chi connectivity index (χ2n) is 5.89. The molecule has 5 nitrogen and oxygen atoms in total. The Balaban J connectivity index is 2.03. The number of nitrogens with two attached hydrogens (primary N) is 1. The van der Waals surface area contributed by atoms with Crippen molar-refractivity contribution in [2.45, 2.75) is 27.2 Å². The van der Waals surface area contributed by atoms with E-state index in [0.717, 1.165) is 27.9 Å². The van der Waals surface area contributed by atoms with Gasteiger partial charge < -0.3 is 15.8 Å². The Morgan fingerprint density at radius 2 is 1.79 bits per heavy atom. The zero-order valence-electron chi connectivity index (χ0n) is 14.2. The van der Waals surface area contributed by atoms with E-state index in [1.165, 1.54) is 0 Å². The second-order valence-corrected chi connectivity index (χ2v) is 5.89. The molecular formula is C19H22N2O3. The monoisotopic (exact) mass is 326 g/mol. The number of anilines is 1. The van der Waals surface area contributed by atoms with Crippen molar-refractivity contribution in [1.29, 1.82) is 0 Å². The first kappa shape index (κ1) is 17.5. The molecule has 2 rings (SSSR count). The SMILES string of the molecule is Cc1ccc(C)c(CC(=O)Nc2ccc(OCC(N)=O)cc2C)c1. The highest BCUT2D eigenvalue weighted by atomic mass is 16.5. The van der Waals surface area contributed by atoms with Gasteiger partial charge in [0.15, 0.2) is 6.61 Å². The fourth-order valence-corrected chi connectivity index (χ4v) is 2.38. The van der Waals surface area contributed by atoms with Crippen LogP contribution in [0.25, 0.3) is 0 Å². The van der Waals surface area contributed by atoms with Gasteiger partial charge in [-0.15, -0.1) is 0 Å². The quantitative estimate of drug-likeness (QED) is 0.856. The van der Waals surface area contributed by atoms with Crippen LogP contribution in [0.5, 0.6) is 5.75 Å². The molecule has 2 aromatic carbocycles. The summed E-state index contributed by atoms with van der Waals surface area (Å²) < 4.78 is 5.25. The third-order valence-electron chi connectivity index (χ3n) is 3.71. The van der Waals surface area contributed by atoms with Crippen molar-refractivity contribution < 1.29 is 14.3 Å². The number of amides is 2. The van der Waals surface area contributed by atoms with Crippen LogP contribution in [-0.4, -0.2) is 18.4 Å². The first-order chi connectivity index (χ1) is 11.3. The number of rotatable bonds is 6. The van der Waals surface area contributed by atoms with E-state index in [0.29, 0.717) is 12.2 Å². The molecule has 0 fully saturated rings. The van der Waals surface area contributed by atoms with Crippen molar-refractivity contribution in [3.63, 3.8) is 0 Å². The minimum atomic E-state index is -0.529. The first-order valence-electron chi connectivity index (χ1n) is 7.73. The summed E-state index contributed by atoms with van der Waals surface area (Å²) in [6.45, 7) is 5.70. The van der Waals surface area contributed by atoms with Crippen LogP contribution in [0.1, 0.15) is 22.3 Å². The first-order valence-corrected chi connectivity index (χ1v) is 7.73. The third kappa shape index (κ3) is 4.84. The van der Waals surface area contributed by atoms with Crippen LogP contribution < -0.4 is 15.8 Å². The van der Waals surface area contributed by atoms with Crippen molar-refractivity contribution in [2.75, 3.05) is 11.9 Å². The highest BCUT2D eigenvalue weighted by Gasteiger charge is 2.09. The predicted molar refractivity (Wildman–Crippen MR) is 94.1 cm³/mol. The minimum Gasteiger partial charge on any atom is -0.484 e. The number of benzene rings is 2. The van der Waals surface area contributed by atoms with Crippen molar-refractivity contribution in [3.8, 4) is 5.75 Å². The molecule has 0 unspecified atom stereocenters. The van der Waals surface area contributed by atoms with Gasteiger partial charge in [-0.05, 0) is 55.7 Å². The standard InChI is InChI=1S/C19H22N2O3/c1-12-4-5-13(2)15(8-12)10-19(23)21-17-7-6-16(9-14(17)3)24-11-18(20)22/h4-9H,10-11H2,1-3H3,(H2,20,22)(H,21,23). The van der Waals surface area contributed by atoms with Crippen molar-refractivity contribution in [3.05, 3.63) is 58.7 Å². The Hall–Kier alpha value is -2.82. The number of primary amides is 1. The molecule has 126 valence electrons. The maximum Gasteiger partial charge on any atom is 0.255 e. The van der Waals surface area contributed by atoms with E-state index in [1.807, 2.05) is 39.0 Å². The molecular weight excluding hydrogens is 304 g/mol. The van der Waals surface area contributed by atoms with Gasteiger partial charge in [0.1, 0.15) is 5.75 Å². The molecule has 2 aromatic rings. The van der Waals surface area contributed by atoms with E-state index in [-0.39, 0.29) is 12.5 Å². The maximum absolute atomic E-state index is 12.3. The molecule has 0 atom stereocenters. The summed E-state index contributed by atoms with van der Waals surface area (Å²) in [5.74, 6) is -0.0602. The summed E-state index contributed by atoms with van der Waals surface area (Å²) >= 11 is 0. The fourth-order valence-electron chi connectivity index (χ4n) is 2.38. The number of hydrogen-bond donors (Lipinski definition) is 2. The molecule has 0 aliphatic rings. The van der Waals surface area contributed by atoms with Crippen LogP contribution in [0.15, 0.2) is 36.4 Å². The van der Waals surface area contributed by atoms with Crippen LogP contribution in [0, 0.1) is 20.8 Å². The largest absolute Gasteiger partial charge is 0.484 e. The van der Waals surface area contributed by atoms with Gasteiger partial charge in [-0.2, -0.15) is 0 Å². The number of carbonyl (C=O) groups excluding carboxylic acids is 2. The summed E-state index contributed by atoms with van der Waals surface area (Å²) in [5.41, 5.74) is 9.88. The van der Waals surface area contributed by atoms with Crippen LogP contribution in [-0.2, 0) is 16.0 Å². The normalized spacial score (nSPS) is 10.3. The number of ether oxygens (including phenoxy) is 1. The predicted octanol–water partition coefficient (Wildman–Crippen LogP) is 2.66. The smallest absolute Gasteiger partial charge is 0.255 e. The molecule has 0 saturated carbocycles. The Morgan fingerprint density at radius 1 is 1.04 bits per heavy atom. The van der Waals surface area contributed by atoms with Gasteiger partial charge in [-0.25, -0.2) is 0 Å². The lowest BCUT2D eigenvalue weighted by molar-refractivity contribution is -0.120. The Bertz CT molecular complexity index is 769. The lowest BCUT2D eigenvalue weighted by atomic mass is 10.0. The molecule has 2 amide bonds. The molecule has 0 radical (unpaired) electrons. The van der Waals surface area contributed by atoms with Crippen molar-refractivity contribution in [1.82, 2.24) is 0 Å². The average Bonchev–Trinajstić information content (AvgIpc) is 2.51. The fraction of sp³-hybridized carbons (Fsp3) is 0.263. The number of hydrogen-bond acceptors (Lipinski definition) is 3. The third-order valence-corrected chi connectivity index (χ3v) is 3.71. The van der Waals surface area contributed by atoms with Gasteiger partial charge in [-0.1, -0.05) is 23.8 Å². The number of aryl methyl sites for hydroxylation is 3. The van der Waals surface area contributed by atoms with Crippen molar-refractivity contribution >= 4 is 17.5 Å². The maximum atomic E-state index is 12.3. The van der Waals surface area contributed by atoms with E-state index < -0.39 is 5.91 Å². The van der Waals surface area contributed by atoms with E-state index in [9.17, 15) is 9.59 Å². The van der Waals surface area contributed by atoms with Crippen LogP contribution in [0.3, 0.4) is 0 Å². The molecule has 0 heterocycles. The molecule has 0 aliphatic carbocycles. The molecule has 3 N–H and O–H groups in total. The summed E-state index contributed by atoms with van der Waals surface area (Å²) in [7, 11) is 0. The van der Waals surface area contributed by atoms with E-state index in [1.54, 1.807) is 18.2 Å². The molecule has 0 bridgehead atoms. The molecule has 0 aliphatic heterocycles. The van der Waals surface area contributed by atoms with Gasteiger partial charge in [0.2, 0.25) is 5.91 Å². The highest BCUT2D eigenvalue weighted by molar-refractivity contribution is 5.93. The summed E-state index contributed by atoms with van der Waals surface area (Å²) in [5, 5.41) is 2.91. The molecule has 5 heteroatoms. The van der Waals surface area contributed by atoms with Crippen molar-refractivity contribution in [2.24, 2.45) is 5.73 Å². The number of nitrogens with one attached hydrogen (secondary N) is 1. The van der Waals surface area contributed by atoms with Gasteiger partial charge in [-0.3, -0.25) is 9.59 Å². The summed E-state index contributed by atoms with van der Waals surface area (Å²) in [6.07, 6.45) is 0.326. The Kier molecular flexibility index (Phi) is 5.58. The van der Waals surface area contributed by atoms with E-state index >= 15 is 0 Å². The topological polar surface area (TPSA) is 81.4 Å². The second kappa shape index (κ2) is 7.64. The Morgan fingerprint density at radius 3 is 2.46 bits per heavy atom. The lowest BCUT2D eigenvalue weighted by Crippen LogP contribution is -2.20. The highest BCUT2D eigenvalue weighted by Crippen LogP contribution is 2.22. The van der Waals surface area contributed by atoms with Gasteiger partial charge in [0.05, 0.1) is 6.42 Å². The molecule has 24 heavy (non-hydrogen) atoms. The van der Waals surface area contributed by atoms with Gasteiger partial charge >= 0.3 is 0 Å². The summed E-state index contributed by atoms with van der Waals surface area (Å²) in [4.78, 5) is 23.0. The molecule has 0 spiro atoms. The van der Waals surface area contributed by atoms with Gasteiger partial charge in [0, 0.05) is 5.69 Å². The van der Waals surface area contributed by atoms with Crippen LogP contribution >= 0.6 is 0 Å². The zero-order chi connectivity index (χ0) is 17.7. The average molecular weight is 326 g/mol. The van der Waals surface area contributed by atoms with Gasteiger partial charge in [0.25, 0.3) is 5.91 Å².